The highest BCUT2D eigenvalue weighted by Gasteiger charge is 2.16. The van der Waals surface area contributed by atoms with Crippen LogP contribution in [-0.2, 0) is 0 Å². The topological polar surface area (TPSA) is 41.1 Å². The molecule has 0 amide bonds. The Balaban J connectivity index is 2.34. The summed E-state index contributed by atoms with van der Waals surface area (Å²) in [7, 11) is 3.97. The largest absolute Gasteiger partial charge is 0.357 e. The second-order valence-corrected chi connectivity index (χ2v) is 6.38. The highest BCUT2D eigenvalue weighted by molar-refractivity contribution is 7.98. The van der Waals surface area contributed by atoms with Crippen LogP contribution in [0.3, 0.4) is 0 Å². The second kappa shape index (κ2) is 6.43. The Kier molecular flexibility index (Phi) is 4.87. The van der Waals surface area contributed by atoms with Crippen LogP contribution in [0.4, 0.5) is 11.8 Å². The molecule has 0 saturated carbocycles. The van der Waals surface area contributed by atoms with Crippen LogP contribution < -0.4 is 10.2 Å². The third-order valence-corrected chi connectivity index (χ3v) is 4.71. The maximum Gasteiger partial charge on any atom is 0.225 e. The summed E-state index contributed by atoms with van der Waals surface area (Å²) in [6.45, 7) is 2.25. The molecule has 2 aromatic heterocycles. The molecular formula is C13H20N4S2. The summed E-state index contributed by atoms with van der Waals surface area (Å²) < 4.78 is 0. The number of nitrogens with zero attached hydrogens (tertiary/aromatic N) is 3. The van der Waals surface area contributed by atoms with Crippen LogP contribution in [-0.4, -0.2) is 42.1 Å². The van der Waals surface area contributed by atoms with Crippen LogP contribution in [0.25, 0.3) is 10.2 Å². The molecule has 104 valence electrons. The average molecular weight is 296 g/mol. The number of thioether (sulfide) groups is 1. The Morgan fingerprint density at radius 3 is 2.95 bits per heavy atom. The normalized spacial score (nSPS) is 12.6. The zero-order valence-electron chi connectivity index (χ0n) is 11.8. The maximum atomic E-state index is 4.62. The van der Waals surface area contributed by atoms with E-state index in [9.17, 15) is 0 Å². The van der Waals surface area contributed by atoms with Crippen molar-refractivity contribution in [2.75, 3.05) is 36.3 Å². The first-order chi connectivity index (χ1) is 9.17. The van der Waals surface area contributed by atoms with Crippen molar-refractivity contribution in [3.8, 4) is 0 Å². The third-order valence-electron chi connectivity index (χ3n) is 3.26. The van der Waals surface area contributed by atoms with Gasteiger partial charge in [0, 0.05) is 20.1 Å². The molecule has 2 aromatic rings. The summed E-state index contributed by atoms with van der Waals surface area (Å²) in [6, 6.07) is 2.57. The SMILES string of the molecule is CNc1nc(N(C)C(C)CCSC)c2ccsc2n1. The molecule has 0 aromatic carbocycles. The Morgan fingerprint density at radius 1 is 1.47 bits per heavy atom. The Hall–Kier alpha value is -1.01. The second-order valence-electron chi connectivity index (χ2n) is 4.50. The van der Waals surface area contributed by atoms with E-state index in [4.69, 9.17) is 0 Å². The van der Waals surface area contributed by atoms with E-state index < -0.39 is 0 Å². The van der Waals surface area contributed by atoms with E-state index >= 15 is 0 Å². The minimum absolute atomic E-state index is 0.468. The molecule has 6 heteroatoms. The van der Waals surface area contributed by atoms with Crippen molar-refractivity contribution >= 4 is 45.1 Å². The minimum Gasteiger partial charge on any atom is -0.357 e. The summed E-state index contributed by atoms with van der Waals surface area (Å²) in [4.78, 5) is 12.4. The molecule has 19 heavy (non-hydrogen) atoms. The Bertz CT molecular complexity index is 540. The molecule has 1 N–H and O–H groups in total. The molecule has 2 rings (SSSR count). The van der Waals surface area contributed by atoms with Gasteiger partial charge in [0.1, 0.15) is 10.6 Å². The van der Waals surface area contributed by atoms with Crippen LogP contribution in [0.1, 0.15) is 13.3 Å². The first-order valence-electron chi connectivity index (χ1n) is 6.32. The predicted molar refractivity (Wildman–Crippen MR) is 87.8 cm³/mol. The van der Waals surface area contributed by atoms with E-state index in [-0.39, 0.29) is 0 Å². The fourth-order valence-electron chi connectivity index (χ4n) is 1.91. The molecule has 2 heterocycles. The molecular weight excluding hydrogens is 276 g/mol. The molecule has 0 bridgehead atoms. The zero-order valence-corrected chi connectivity index (χ0v) is 13.4. The number of anilines is 2. The van der Waals surface area contributed by atoms with Gasteiger partial charge in [0.15, 0.2) is 0 Å². The highest BCUT2D eigenvalue weighted by atomic mass is 32.2. The van der Waals surface area contributed by atoms with Crippen LogP contribution in [0.5, 0.6) is 0 Å². The Morgan fingerprint density at radius 2 is 2.26 bits per heavy atom. The smallest absolute Gasteiger partial charge is 0.225 e. The van der Waals surface area contributed by atoms with Crippen LogP contribution >= 0.6 is 23.1 Å². The summed E-state index contributed by atoms with van der Waals surface area (Å²) >= 11 is 3.54. The number of hydrogen-bond donors (Lipinski definition) is 1. The number of aromatic nitrogens is 2. The van der Waals surface area contributed by atoms with Gasteiger partial charge in [-0.2, -0.15) is 16.7 Å². The van der Waals surface area contributed by atoms with Gasteiger partial charge in [-0.15, -0.1) is 11.3 Å². The van der Waals surface area contributed by atoms with Gasteiger partial charge in [-0.1, -0.05) is 0 Å². The molecule has 1 unspecified atom stereocenters. The number of rotatable bonds is 6. The van der Waals surface area contributed by atoms with Gasteiger partial charge in [-0.3, -0.25) is 0 Å². The lowest BCUT2D eigenvalue weighted by molar-refractivity contribution is 0.664. The van der Waals surface area contributed by atoms with Crippen molar-refractivity contribution in [2.45, 2.75) is 19.4 Å². The van der Waals surface area contributed by atoms with E-state index in [1.165, 1.54) is 5.75 Å². The van der Waals surface area contributed by atoms with Gasteiger partial charge >= 0.3 is 0 Å². The molecule has 0 spiro atoms. The fraction of sp³-hybridized carbons (Fsp3) is 0.538. The molecule has 1 atom stereocenters. The predicted octanol–water partition coefficient (Wildman–Crippen LogP) is 3.31. The summed E-state index contributed by atoms with van der Waals surface area (Å²) in [6.07, 6.45) is 3.30. The van der Waals surface area contributed by atoms with Crippen molar-refractivity contribution in [3.63, 3.8) is 0 Å². The lowest BCUT2D eigenvalue weighted by atomic mass is 10.2. The van der Waals surface area contributed by atoms with E-state index in [1.807, 2.05) is 18.8 Å². The van der Waals surface area contributed by atoms with Gasteiger partial charge in [0.25, 0.3) is 0 Å². The average Bonchev–Trinajstić information content (AvgIpc) is 2.90. The highest BCUT2D eigenvalue weighted by Crippen LogP contribution is 2.29. The molecule has 0 aliphatic carbocycles. The van der Waals surface area contributed by atoms with Gasteiger partial charge in [0.2, 0.25) is 5.95 Å². The van der Waals surface area contributed by atoms with Crippen molar-refractivity contribution in [1.82, 2.24) is 9.97 Å². The monoisotopic (exact) mass is 296 g/mol. The van der Waals surface area contributed by atoms with E-state index in [2.05, 4.69) is 51.9 Å². The number of thiophene rings is 1. The number of hydrogen-bond acceptors (Lipinski definition) is 6. The zero-order chi connectivity index (χ0) is 13.8. The van der Waals surface area contributed by atoms with Gasteiger partial charge < -0.3 is 10.2 Å². The van der Waals surface area contributed by atoms with Gasteiger partial charge in [-0.25, -0.2) is 4.98 Å². The molecule has 0 saturated heterocycles. The summed E-state index contributed by atoms with van der Waals surface area (Å²) in [5.74, 6) is 2.88. The van der Waals surface area contributed by atoms with Crippen LogP contribution in [0.15, 0.2) is 11.4 Å². The van der Waals surface area contributed by atoms with Gasteiger partial charge in [-0.05, 0) is 36.8 Å². The summed E-state index contributed by atoms with van der Waals surface area (Å²) in [5, 5.41) is 6.25. The van der Waals surface area contributed by atoms with Gasteiger partial charge in [0.05, 0.1) is 5.39 Å². The van der Waals surface area contributed by atoms with Crippen molar-refractivity contribution in [2.24, 2.45) is 0 Å². The van der Waals surface area contributed by atoms with Crippen molar-refractivity contribution in [1.29, 1.82) is 0 Å². The first-order valence-corrected chi connectivity index (χ1v) is 8.59. The van der Waals surface area contributed by atoms with E-state index in [1.54, 1.807) is 11.3 Å². The third kappa shape index (κ3) is 3.12. The molecule has 0 aliphatic heterocycles. The quantitative estimate of drug-likeness (QED) is 0.885. The van der Waals surface area contributed by atoms with Crippen LogP contribution in [0, 0.1) is 0 Å². The van der Waals surface area contributed by atoms with Crippen LogP contribution in [0.2, 0.25) is 0 Å². The van der Waals surface area contributed by atoms with E-state index in [0.29, 0.717) is 12.0 Å². The standard InChI is InChI=1S/C13H20N4S2/c1-9(5-7-18-4)17(3)11-10-6-8-19-12(10)16-13(14-2)15-11/h6,8-9H,5,7H2,1-4H3,(H,14,15,16). The lowest BCUT2D eigenvalue weighted by Gasteiger charge is -2.26. The minimum atomic E-state index is 0.468. The Labute approximate surface area is 122 Å². The molecule has 0 radical (unpaired) electrons. The molecule has 0 aliphatic rings. The number of fused-ring (bicyclic) bond motifs is 1. The van der Waals surface area contributed by atoms with Crippen molar-refractivity contribution < 1.29 is 0 Å². The summed E-state index contributed by atoms with van der Waals surface area (Å²) in [5.41, 5.74) is 0. The van der Waals surface area contributed by atoms with E-state index in [0.717, 1.165) is 22.5 Å². The molecule has 4 nitrogen and oxygen atoms in total. The molecule has 0 fully saturated rings. The fourth-order valence-corrected chi connectivity index (χ4v) is 3.25. The number of nitrogens with one attached hydrogen (secondary N) is 1. The lowest BCUT2D eigenvalue weighted by Crippen LogP contribution is -2.30. The first kappa shape index (κ1) is 14.4. The van der Waals surface area contributed by atoms with Crippen molar-refractivity contribution in [3.05, 3.63) is 11.4 Å². The maximum absolute atomic E-state index is 4.62.